The van der Waals surface area contributed by atoms with Gasteiger partial charge in [-0.1, -0.05) is 69.8 Å². The molecule has 1 saturated heterocycles. The Kier molecular flexibility index (Phi) is 16.1. The number of rotatable bonds is 6. The van der Waals surface area contributed by atoms with Gasteiger partial charge in [0, 0.05) is 30.3 Å². The molecule has 2 aliphatic rings. The first-order valence-electron chi connectivity index (χ1n) is 13.3. The molecule has 0 N–H and O–H groups in total. The molecule has 0 spiro atoms. The number of hydrogen-bond acceptors (Lipinski definition) is 7. The summed E-state index contributed by atoms with van der Waals surface area (Å²) in [7, 11) is 3.12. The van der Waals surface area contributed by atoms with Gasteiger partial charge in [0.15, 0.2) is 5.84 Å². The second kappa shape index (κ2) is 17.8. The van der Waals surface area contributed by atoms with E-state index in [9.17, 15) is 0 Å². The van der Waals surface area contributed by atoms with Crippen LogP contribution in [0.25, 0.3) is 5.70 Å². The van der Waals surface area contributed by atoms with Crippen molar-refractivity contribution in [1.82, 2.24) is 4.90 Å². The van der Waals surface area contributed by atoms with E-state index in [0.29, 0.717) is 39.4 Å². The molecule has 0 amide bonds. The van der Waals surface area contributed by atoms with E-state index >= 15 is 0 Å². The van der Waals surface area contributed by atoms with Crippen LogP contribution < -0.4 is 9.47 Å². The molecule has 0 radical (unpaired) electrons. The van der Waals surface area contributed by atoms with E-state index in [1.54, 1.807) is 32.0 Å². The first-order valence-corrected chi connectivity index (χ1v) is 15.3. The smallest absolute Gasteiger partial charge is 0.155 e. The molecule has 1 aromatic carbocycles. The molecule has 9 heteroatoms. The molecule has 0 aliphatic carbocycles. The highest BCUT2D eigenvalue weighted by molar-refractivity contribution is 7.99. The predicted octanol–water partition coefficient (Wildman–Crippen LogP) is 8.41. The van der Waals surface area contributed by atoms with Crippen LogP contribution in [0.1, 0.15) is 66.9 Å². The molecule has 0 bridgehead atoms. The van der Waals surface area contributed by atoms with Gasteiger partial charge < -0.3 is 19.1 Å². The summed E-state index contributed by atoms with van der Waals surface area (Å²) in [6.45, 7) is 16.6. The maximum Gasteiger partial charge on any atom is 0.155 e. The van der Waals surface area contributed by atoms with Crippen LogP contribution in [0.4, 0.5) is 0 Å². The van der Waals surface area contributed by atoms with Crippen LogP contribution in [0.5, 0.6) is 11.5 Å². The standard InChI is InChI=1S/C23H29Cl2N3O3S.C4H10.C2H6/c1-7-15-10-16(19-20(24)17(29-4)11-18(30-5)21(19)25)27-23(22(15)26-14(3)32-6)28-8-9-31-13(2)12-28;1-3-4-2;1-2/h7,10-11,13-14H,8-9,12H2,1-6H3;3-4H2,1-2H3;1-2H3/b15-7-,26-22+;;. The molecular weight excluding hydrogens is 541 g/mol. The molecule has 1 aromatic rings. The minimum Gasteiger partial charge on any atom is -0.495 e. The number of benzene rings is 1. The summed E-state index contributed by atoms with van der Waals surface area (Å²) in [4.78, 5) is 12.2. The van der Waals surface area contributed by atoms with Crippen molar-refractivity contribution in [2.24, 2.45) is 9.98 Å². The highest BCUT2D eigenvalue weighted by Crippen LogP contribution is 2.45. The van der Waals surface area contributed by atoms with Crippen molar-refractivity contribution in [3.63, 3.8) is 0 Å². The maximum atomic E-state index is 6.71. The molecule has 0 aromatic heterocycles. The fourth-order valence-electron chi connectivity index (χ4n) is 3.60. The van der Waals surface area contributed by atoms with Gasteiger partial charge in [0.1, 0.15) is 17.2 Å². The highest BCUT2D eigenvalue weighted by atomic mass is 35.5. The van der Waals surface area contributed by atoms with Crippen molar-refractivity contribution in [2.75, 3.05) is 40.2 Å². The van der Waals surface area contributed by atoms with Crippen LogP contribution in [-0.4, -0.2) is 68.1 Å². The van der Waals surface area contributed by atoms with Gasteiger partial charge in [0.05, 0.1) is 48.0 Å². The Labute approximate surface area is 244 Å². The maximum absolute atomic E-state index is 6.71. The molecular formula is C29H45Cl2N3O3S. The lowest BCUT2D eigenvalue weighted by Crippen LogP contribution is -2.48. The third-order valence-corrected chi connectivity index (χ3v) is 7.38. The second-order valence-electron chi connectivity index (χ2n) is 8.43. The van der Waals surface area contributed by atoms with Crippen LogP contribution in [0.3, 0.4) is 0 Å². The van der Waals surface area contributed by atoms with Gasteiger partial charge in [0.25, 0.3) is 0 Å². The highest BCUT2D eigenvalue weighted by Gasteiger charge is 2.30. The van der Waals surface area contributed by atoms with Gasteiger partial charge >= 0.3 is 0 Å². The average Bonchev–Trinajstić information content (AvgIpc) is 2.94. The quantitative estimate of drug-likeness (QED) is 0.335. The van der Waals surface area contributed by atoms with Crippen molar-refractivity contribution in [1.29, 1.82) is 0 Å². The number of methoxy groups -OCH3 is 2. The zero-order valence-corrected chi connectivity index (χ0v) is 27.0. The third kappa shape index (κ3) is 8.94. The number of ether oxygens (including phenoxy) is 3. The number of hydrogen-bond donors (Lipinski definition) is 0. The van der Waals surface area contributed by atoms with Gasteiger partial charge in [-0.2, -0.15) is 0 Å². The molecule has 214 valence electrons. The summed E-state index contributed by atoms with van der Waals surface area (Å²) in [5.74, 6) is 1.73. The molecule has 2 unspecified atom stereocenters. The van der Waals surface area contributed by atoms with E-state index in [2.05, 4.69) is 32.6 Å². The topological polar surface area (TPSA) is 55.7 Å². The van der Waals surface area contributed by atoms with E-state index in [4.69, 9.17) is 47.4 Å². The lowest BCUT2D eigenvalue weighted by molar-refractivity contribution is 0.00644. The fourth-order valence-corrected chi connectivity index (χ4v) is 4.51. The normalized spacial score (nSPS) is 20.0. The Balaban J connectivity index is 0.00000110. The van der Waals surface area contributed by atoms with Crippen LogP contribution >= 0.6 is 35.0 Å². The van der Waals surface area contributed by atoms with Crippen molar-refractivity contribution in [3.8, 4) is 11.5 Å². The largest absolute Gasteiger partial charge is 0.495 e. The molecule has 2 atom stereocenters. The summed E-state index contributed by atoms with van der Waals surface area (Å²) < 4.78 is 16.7. The minimum atomic E-state index is 0.0858. The molecule has 3 rings (SSSR count). The lowest BCUT2D eigenvalue weighted by atomic mass is 9.99. The fraction of sp³-hybridized carbons (Fsp3) is 0.586. The first kappa shape index (κ1) is 34.4. The zero-order valence-electron chi connectivity index (χ0n) is 24.7. The van der Waals surface area contributed by atoms with Crippen molar-refractivity contribution >= 4 is 52.2 Å². The van der Waals surface area contributed by atoms with Gasteiger partial charge in [0.2, 0.25) is 0 Å². The molecule has 0 saturated carbocycles. The van der Waals surface area contributed by atoms with E-state index in [-0.39, 0.29) is 11.5 Å². The average molecular weight is 587 g/mol. The number of nitrogens with zero attached hydrogens (tertiary/aromatic N) is 3. The summed E-state index contributed by atoms with van der Waals surface area (Å²) in [6.07, 6.45) is 8.77. The summed E-state index contributed by atoms with van der Waals surface area (Å²) in [6, 6.07) is 1.68. The van der Waals surface area contributed by atoms with Crippen molar-refractivity contribution in [3.05, 3.63) is 39.4 Å². The Hall–Kier alpha value is -1.67. The lowest BCUT2D eigenvalue weighted by Gasteiger charge is -2.35. The summed E-state index contributed by atoms with van der Waals surface area (Å²) in [5, 5.41) is 0.857. The van der Waals surface area contributed by atoms with Gasteiger partial charge in [-0.3, -0.25) is 4.99 Å². The Morgan fingerprint density at radius 3 is 2.21 bits per heavy atom. The predicted molar refractivity (Wildman–Crippen MR) is 168 cm³/mol. The molecule has 6 nitrogen and oxygen atoms in total. The van der Waals surface area contributed by atoms with Gasteiger partial charge in [-0.25, -0.2) is 4.99 Å². The van der Waals surface area contributed by atoms with Crippen LogP contribution in [0, 0.1) is 0 Å². The van der Waals surface area contributed by atoms with Crippen molar-refractivity contribution in [2.45, 2.75) is 72.8 Å². The van der Waals surface area contributed by atoms with Crippen LogP contribution in [-0.2, 0) is 4.74 Å². The summed E-state index contributed by atoms with van der Waals surface area (Å²) >= 11 is 15.1. The SMILES string of the molecule is C/C=C1/C=C(c2c(Cl)c(OC)cc(OC)c2Cl)N=C(N2CCOC(C)C2)/C1=N/C(C)SC.CC.CCCC. The zero-order chi connectivity index (χ0) is 28.8. The molecule has 1 fully saturated rings. The number of thioether (sulfide) groups is 1. The second-order valence-corrected chi connectivity index (χ2v) is 10.3. The number of halogens is 2. The minimum absolute atomic E-state index is 0.0858. The van der Waals surface area contributed by atoms with Crippen LogP contribution in [0.2, 0.25) is 10.0 Å². The number of amidine groups is 1. The number of morpholine rings is 1. The summed E-state index contributed by atoms with van der Waals surface area (Å²) in [5.41, 5.74) is 3.02. The number of aliphatic imine (C=N–C) groups is 2. The third-order valence-electron chi connectivity index (χ3n) is 5.84. The number of unbranched alkanes of at least 4 members (excludes halogenated alkanes) is 1. The first-order chi connectivity index (χ1) is 18.3. The van der Waals surface area contributed by atoms with E-state index in [1.165, 1.54) is 12.8 Å². The molecule has 38 heavy (non-hydrogen) atoms. The number of allylic oxidation sites excluding steroid dienone is 2. The Morgan fingerprint density at radius 1 is 1.18 bits per heavy atom. The molecule has 2 aliphatic heterocycles. The Morgan fingerprint density at radius 2 is 1.76 bits per heavy atom. The van der Waals surface area contributed by atoms with E-state index < -0.39 is 0 Å². The van der Waals surface area contributed by atoms with Gasteiger partial charge in [-0.15, -0.1) is 11.8 Å². The Bertz CT molecular complexity index is 995. The van der Waals surface area contributed by atoms with Crippen LogP contribution in [0.15, 0.2) is 33.8 Å². The van der Waals surface area contributed by atoms with Crippen molar-refractivity contribution < 1.29 is 14.2 Å². The van der Waals surface area contributed by atoms with E-state index in [0.717, 1.165) is 30.2 Å². The van der Waals surface area contributed by atoms with Gasteiger partial charge in [-0.05, 0) is 33.1 Å². The molecule has 2 heterocycles. The monoisotopic (exact) mass is 585 g/mol. The van der Waals surface area contributed by atoms with E-state index in [1.807, 2.05) is 39.2 Å².